The van der Waals surface area contributed by atoms with E-state index in [1.807, 2.05) is 19.1 Å². The summed E-state index contributed by atoms with van der Waals surface area (Å²) in [7, 11) is 0. The fraction of sp³-hybridized carbons (Fsp3) is 0.235. The zero-order chi connectivity index (χ0) is 15.2. The summed E-state index contributed by atoms with van der Waals surface area (Å²) in [4.78, 5) is 0. The quantitative estimate of drug-likeness (QED) is 0.915. The van der Waals surface area contributed by atoms with Crippen molar-refractivity contribution in [3.63, 3.8) is 0 Å². The molecule has 2 rings (SSSR count). The van der Waals surface area contributed by atoms with E-state index in [9.17, 15) is 4.39 Å². The SMILES string of the molecule is CC(N)C(Oc1ccc(CC#N)cc1)c1cccc(F)c1. The lowest BCUT2D eigenvalue weighted by Crippen LogP contribution is -2.29. The van der Waals surface area contributed by atoms with Crippen molar-refractivity contribution in [1.82, 2.24) is 0 Å². The second-order valence-corrected chi connectivity index (χ2v) is 4.93. The lowest BCUT2D eigenvalue weighted by Gasteiger charge is -2.23. The van der Waals surface area contributed by atoms with E-state index in [0.717, 1.165) is 5.56 Å². The third-order valence-electron chi connectivity index (χ3n) is 3.12. The van der Waals surface area contributed by atoms with Crippen LogP contribution < -0.4 is 10.5 Å². The van der Waals surface area contributed by atoms with Crippen LogP contribution in [0.15, 0.2) is 48.5 Å². The van der Waals surface area contributed by atoms with Crippen molar-refractivity contribution >= 4 is 0 Å². The molecule has 4 heteroatoms. The highest BCUT2D eigenvalue weighted by Gasteiger charge is 2.18. The molecule has 0 saturated heterocycles. The molecule has 3 nitrogen and oxygen atoms in total. The highest BCUT2D eigenvalue weighted by atomic mass is 19.1. The molecule has 2 aromatic carbocycles. The molecular formula is C17H17FN2O. The number of rotatable bonds is 5. The summed E-state index contributed by atoms with van der Waals surface area (Å²) >= 11 is 0. The molecule has 0 spiro atoms. The molecule has 0 aliphatic heterocycles. The van der Waals surface area contributed by atoms with Gasteiger partial charge in [-0.05, 0) is 42.3 Å². The Morgan fingerprint density at radius 3 is 2.52 bits per heavy atom. The van der Waals surface area contributed by atoms with Gasteiger partial charge in [0.2, 0.25) is 0 Å². The van der Waals surface area contributed by atoms with Gasteiger partial charge in [-0.15, -0.1) is 0 Å². The summed E-state index contributed by atoms with van der Waals surface area (Å²) in [6.07, 6.45) is -0.0662. The molecule has 2 atom stereocenters. The molecule has 2 aromatic rings. The summed E-state index contributed by atoms with van der Waals surface area (Å²) in [5.41, 5.74) is 7.58. The van der Waals surface area contributed by atoms with Gasteiger partial charge in [0, 0.05) is 6.04 Å². The van der Waals surface area contributed by atoms with Crippen LogP contribution >= 0.6 is 0 Å². The Balaban J connectivity index is 2.19. The van der Waals surface area contributed by atoms with Gasteiger partial charge in [-0.2, -0.15) is 5.26 Å². The second-order valence-electron chi connectivity index (χ2n) is 4.93. The molecule has 2 unspecified atom stereocenters. The van der Waals surface area contributed by atoms with Gasteiger partial charge >= 0.3 is 0 Å². The van der Waals surface area contributed by atoms with Crippen LogP contribution in [-0.4, -0.2) is 6.04 Å². The summed E-state index contributed by atoms with van der Waals surface area (Å²) < 4.78 is 19.2. The molecule has 0 fully saturated rings. The number of nitrogens with zero attached hydrogens (tertiary/aromatic N) is 1. The minimum Gasteiger partial charge on any atom is -0.484 e. The third-order valence-corrected chi connectivity index (χ3v) is 3.12. The van der Waals surface area contributed by atoms with Crippen LogP contribution in [0.2, 0.25) is 0 Å². The van der Waals surface area contributed by atoms with Gasteiger partial charge in [-0.3, -0.25) is 0 Å². The first-order valence-electron chi connectivity index (χ1n) is 6.73. The Hall–Kier alpha value is -2.38. The van der Waals surface area contributed by atoms with Gasteiger partial charge in [0.05, 0.1) is 12.5 Å². The van der Waals surface area contributed by atoms with Crippen molar-refractivity contribution < 1.29 is 9.13 Å². The Labute approximate surface area is 123 Å². The number of halogens is 1. The van der Waals surface area contributed by atoms with Crippen molar-refractivity contribution in [2.45, 2.75) is 25.5 Å². The molecule has 0 saturated carbocycles. The van der Waals surface area contributed by atoms with E-state index in [1.165, 1.54) is 12.1 Å². The van der Waals surface area contributed by atoms with Crippen LogP contribution in [0.3, 0.4) is 0 Å². The van der Waals surface area contributed by atoms with E-state index in [0.29, 0.717) is 17.7 Å². The van der Waals surface area contributed by atoms with Gasteiger partial charge in [-0.25, -0.2) is 4.39 Å². The summed E-state index contributed by atoms with van der Waals surface area (Å²) in [6.45, 7) is 1.82. The lowest BCUT2D eigenvalue weighted by atomic mass is 10.0. The van der Waals surface area contributed by atoms with Gasteiger partial charge in [0.25, 0.3) is 0 Å². The molecular weight excluding hydrogens is 267 g/mol. The number of nitriles is 1. The molecule has 0 amide bonds. The first kappa shape index (κ1) is 15.0. The lowest BCUT2D eigenvalue weighted by molar-refractivity contribution is 0.180. The Bertz CT molecular complexity index is 632. The van der Waals surface area contributed by atoms with E-state index in [2.05, 4.69) is 6.07 Å². The fourth-order valence-corrected chi connectivity index (χ4v) is 2.09. The molecule has 0 heterocycles. The Morgan fingerprint density at radius 2 is 1.95 bits per heavy atom. The van der Waals surface area contributed by atoms with E-state index in [1.54, 1.807) is 24.3 Å². The Kier molecular flexibility index (Phi) is 4.91. The number of benzene rings is 2. The minimum absolute atomic E-state index is 0.286. The molecule has 0 aliphatic rings. The maximum atomic E-state index is 13.3. The second kappa shape index (κ2) is 6.87. The summed E-state index contributed by atoms with van der Waals surface area (Å²) in [5.74, 6) is 0.328. The number of ether oxygens (including phenoxy) is 1. The Morgan fingerprint density at radius 1 is 1.24 bits per heavy atom. The monoisotopic (exact) mass is 284 g/mol. The average molecular weight is 284 g/mol. The average Bonchev–Trinajstić information content (AvgIpc) is 2.46. The van der Waals surface area contributed by atoms with Crippen molar-refractivity contribution in [1.29, 1.82) is 5.26 Å². The smallest absolute Gasteiger partial charge is 0.139 e. The topological polar surface area (TPSA) is 59.0 Å². The third kappa shape index (κ3) is 4.04. The van der Waals surface area contributed by atoms with Crippen LogP contribution in [0.5, 0.6) is 5.75 Å². The van der Waals surface area contributed by atoms with E-state index < -0.39 is 6.10 Å². The normalized spacial score (nSPS) is 13.2. The predicted octanol–water partition coefficient (Wildman–Crippen LogP) is 3.36. The first-order valence-corrected chi connectivity index (χ1v) is 6.73. The predicted molar refractivity (Wildman–Crippen MR) is 79.2 cm³/mol. The van der Waals surface area contributed by atoms with Crippen molar-refractivity contribution in [2.24, 2.45) is 5.73 Å². The van der Waals surface area contributed by atoms with Crippen LogP contribution in [-0.2, 0) is 6.42 Å². The van der Waals surface area contributed by atoms with Crippen molar-refractivity contribution in [2.75, 3.05) is 0 Å². The van der Waals surface area contributed by atoms with Crippen LogP contribution in [0.25, 0.3) is 0 Å². The van der Waals surface area contributed by atoms with Crippen LogP contribution in [0.1, 0.15) is 24.2 Å². The maximum Gasteiger partial charge on any atom is 0.139 e. The zero-order valence-electron chi connectivity index (χ0n) is 11.8. The largest absolute Gasteiger partial charge is 0.484 e. The summed E-state index contributed by atoms with van der Waals surface area (Å²) in [6, 6.07) is 15.3. The standard InChI is InChI=1S/C17H17FN2O/c1-12(20)17(14-3-2-4-15(18)11-14)21-16-7-5-13(6-8-16)9-10-19/h2-8,11-12,17H,9,20H2,1H3. The van der Waals surface area contributed by atoms with Gasteiger partial charge in [0.1, 0.15) is 17.7 Å². The van der Waals surface area contributed by atoms with Gasteiger partial charge in [-0.1, -0.05) is 24.3 Å². The molecule has 2 N–H and O–H groups in total. The fourth-order valence-electron chi connectivity index (χ4n) is 2.09. The van der Waals surface area contributed by atoms with Crippen LogP contribution in [0.4, 0.5) is 4.39 Å². The molecule has 0 radical (unpaired) electrons. The first-order chi connectivity index (χ1) is 10.1. The van der Waals surface area contributed by atoms with Gasteiger partial charge < -0.3 is 10.5 Å². The van der Waals surface area contributed by atoms with Crippen molar-refractivity contribution in [3.05, 3.63) is 65.5 Å². The number of nitrogens with two attached hydrogens (primary N) is 1. The molecule has 21 heavy (non-hydrogen) atoms. The van der Waals surface area contributed by atoms with E-state index >= 15 is 0 Å². The zero-order valence-corrected chi connectivity index (χ0v) is 11.8. The molecule has 0 aliphatic carbocycles. The molecule has 0 bridgehead atoms. The molecule has 108 valence electrons. The number of hydrogen-bond donors (Lipinski definition) is 1. The van der Waals surface area contributed by atoms with Crippen LogP contribution in [0, 0.1) is 17.1 Å². The van der Waals surface area contributed by atoms with E-state index in [-0.39, 0.29) is 11.9 Å². The summed E-state index contributed by atoms with van der Waals surface area (Å²) in [5, 5.41) is 8.65. The number of hydrogen-bond acceptors (Lipinski definition) is 3. The maximum absolute atomic E-state index is 13.3. The van der Waals surface area contributed by atoms with Gasteiger partial charge in [0.15, 0.2) is 0 Å². The highest BCUT2D eigenvalue weighted by molar-refractivity contribution is 5.30. The van der Waals surface area contributed by atoms with E-state index in [4.69, 9.17) is 15.7 Å². The minimum atomic E-state index is -0.428. The molecule has 0 aromatic heterocycles. The highest BCUT2D eigenvalue weighted by Crippen LogP contribution is 2.25. The van der Waals surface area contributed by atoms with Crippen molar-refractivity contribution in [3.8, 4) is 11.8 Å².